The Morgan fingerprint density at radius 2 is 1.51 bits per heavy atom. The number of aliphatic hydroxyl groups is 1. The summed E-state index contributed by atoms with van der Waals surface area (Å²) < 4.78 is 31.4. The van der Waals surface area contributed by atoms with Crippen LogP contribution in [0, 0.1) is 28.9 Å². The number of ketones is 1. The Kier molecular flexibility index (Phi) is 22.0. The Balaban J connectivity index is 1.28. The summed E-state index contributed by atoms with van der Waals surface area (Å²) in [5.74, 6) is -7.03. The molecule has 392 valence electrons. The van der Waals surface area contributed by atoms with Crippen LogP contribution in [0.15, 0.2) is 72.9 Å². The molecule has 5 atom stereocenters. The van der Waals surface area contributed by atoms with Crippen molar-refractivity contribution in [3.05, 3.63) is 95.8 Å². The van der Waals surface area contributed by atoms with Gasteiger partial charge < -0.3 is 41.4 Å². The van der Waals surface area contributed by atoms with E-state index in [0.717, 1.165) is 28.7 Å². The maximum Gasteiger partial charge on any atom is 0.326 e. The number of hydrogen-bond acceptors (Lipinski definition) is 10. The fraction of sp³-hybridized carbons (Fsp3) is 0.509. The van der Waals surface area contributed by atoms with Gasteiger partial charge >= 0.3 is 5.97 Å². The summed E-state index contributed by atoms with van der Waals surface area (Å²) in [6.07, 6.45) is 6.17. The first-order valence-corrected chi connectivity index (χ1v) is 24.5. The van der Waals surface area contributed by atoms with E-state index in [2.05, 4.69) is 16.0 Å². The largest absolute Gasteiger partial charge is 0.480 e. The van der Waals surface area contributed by atoms with Gasteiger partial charge in [-0.1, -0.05) is 78.3 Å². The number of nitrogens with two attached hydrogens (primary N) is 1. The summed E-state index contributed by atoms with van der Waals surface area (Å²) in [4.78, 5) is 104. The Hall–Kier alpha value is -6.60. The monoisotopic (exact) mass is 1000 g/mol. The molecule has 2 aromatic carbocycles. The van der Waals surface area contributed by atoms with Crippen molar-refractivity contribution in [2.45, 2.75) is 130 Å². The van der Waals surface area contributed by atoms with Gasteiger partial charge in [0.05, 0.1) is 18.1 Å². The van der Waals surface area contributed by atoms with E-state index < -0.39 is 77.4 Å². The highest BCUT2D eigenvalue weighted by molar-refractivity contribution is 6.12. The summed E-state index contributed by atoms with van der Waals surface area (Å²) in [7, 11) is 0. The molecule has 72 heavy (non-hydrogen) atoms. The Morgan fingerprint density at radius 3 is 2.14 bits per heavy atom. The standard InChI is InChI=1S/C53H71F2N7O10/c1-33(2)48(59-44(65)18-11-8-14-25-61-45(66)21-22-46(61)67)43(64)27-34(3)50(69)58-41(52(71)72)17-12-13-24-57-51(70)40(56)23-26-62(47(68)32-63)49(53(4,5)6)42-28-36(38-29-37(54)19-20-39(38)55)31-60(42)30-35-15-9-7-10-16-35/h7,9-10,15-16,19-22,28-29,31,33-34,40-41,48-49,63H,8,11-14,17-18,23-27,30,32,56H2,1-6H3,(H,57,70)(H,58,69)(H,59,65)(H,71,72)/t34-,40+,41+,48+,49+/m1/s1. The number of rotatable bonds is 29. The van der Waals surface area contributed by atoms with Crippen LogP contribution in [0.5, 0.6) is 0 Å². The van der Waals surface area contributed by atoms with Crippen molar-refractivity contribution < 1.29 is 57.4 Å². The van der Waals surface area contributed by atoms with Crippen LogP contribution in [0.25, 0.3) is 11.1 Å². The van der Waals surface area contributed by atoms with Gasteiger partial charge in [0, 0.05) is 80.1 Å². The molecule has 4 rings (SSSR count). The van der Waals surface area contributed by atoms with Crippen molar-refractivity contribution in [3.63, 3.8) is 0 Å². The predicted octanol–water partition coefficient (Wildman–Crippen LogP) is 5.18. The number of hydrogen-bond donors (Lipinski definition) is 6. The van der Waals surface area contributed by atoms with Crippen LogP contribution in [0.4, 0.5) is 8.78 Å². The zero-order valence-electron chi connectivity index (χ0n) is 42.1. The number of nitrogens with zero attached hydrogens (tertiary/aromatic N) is 3. The molecule has 0 aliphatic carbocycles. The number of aromatic nitrogens is 1. The fourth-order valence-electron chi connectivity index (χ4n) is 8.67. The molecule has 3 aromatic rings. The number of nitrogens with one attached hydrogen (secondary N) is 3. The first-order valence-electron chi connectivity index (χ1n) is 24.5. The quantitative estimate of drug-likeness (QED) is 0.0390. The van der Waals surface area contributed by atoms with E-state index in [4.69, 9.17) is 5.73 Å². The molecule has 0 saturated heterocycles. The number of unbranched alkanes of at least 4 members (excludes halogenated alkanes) is 3. The van der Waals surface area contributed by atoms with Crippen molar-refractivity contribution >= 4 is 47.2 Å². The van der Waals surface area contributed by atoms with E-state index in [0.29, 0.717) is 43.5 Å². The molecule has 0 bridgehead atoms. The molecule has 6 amide bonds. The SMILES string of the molecule is CC(C)[C@H](NC(=O)CCCCCN1C(=O)C=CC1=O)C(=O)C[C@@H](C)C(=O)N[C@@H](CCCCNC(=O)[C@@H](N)CCN(C(=O)CO)[C@@H](c1cc(-c2cc(F)ccc2F)cn1Cc1ccccc1)C(C)(C)C)C(=O)O. The lowest BCUT2D eigenvalue weighted by Crippen LogP contribution is -2.47. The number of benzene rings is 2. The summed E-state index contributed by atoms with van der Waals surface area (Å²) >= 11 is 0. The van der Waals surface area contributed by atoms with Gasteiger partial charge in [0.1, 0.15) is 24.3 Å². The molecule has 0 fully saturated rings. The van der Waals surface area contributed by atoms with Gasteiger partial charge in [-0.05, 0) is 79.7 Å². The number of carboxylic acid groups (broad SMARTS) is 1. The topological polar surface area (TPSA) is 251 Å². The summed E-state index contributed by atoms with van der Waals surface area (Å²) in [6, 6.07) is 10.3. The minimum atomic E-state index is -1.28. The highest BCUT2D eigenvalue weighted by Gasteiger charge is 2.38. The van der Waals surface area contributed by atoms with E-state index in [1.165, 1.54) is 24.0 Å². The third kappa shape index (κ3) is 17.0. The van der Waals surface area contributed by atoms with Gasteiger partial charge in [-0.25, -0.2) is 13.6 Å². The molecule has 19 heteroatoms. The average molecular weight is 1000 g/mol. The number of amides is 6. The van der Waals surface area contributed by atoms with E-state index >= 15 is 4.39 Å². The summed E-state index contributed by atoms with van der Waals surface area (Å²) in [6.45, 7) is 10.5. The van der Waals surface area contributed by atoms with Crippen LogP contribution in [0.3, 0.4) is 0 Å². The minimum Gasteiger partial charge on any atom is -0.480 e. The second-order valence-corrected chi connectivity index (χ2v) is 19.8. The zero-order chi connectivity index (χ0) is 53.3. The lowest BCUT2D eigenvalue weighted by atomic mass is 9.82. The normalized spacial score (nSPS) is 14.7. The second-order valence-electron chi connectivity index (χ2n) is 19.8. The van der Waals surface area contributed by atoms with Crippen molar-refractivity contribution in [2.24, 2.45) is 23.0 Å². The molecule has 0 spiro atoms. The molecular formula is C53H71F2N7O10. The van der Waals surface area contributed by atoms with Crippen LogP contribution in [0.1, 0.15) is 117 Å². The minimum absolute atomic E-state index is 0.0138. The van der Waals surface area contributed by atoms with Crippen LogP contribution < -0.4 is 21.7 Å². The van der Waals surface area contributed by atoms with Crippen molar-refractivity contribution in [1.82, 2.24) is 30.3 Å². The number of carbonyl (C=O) groups excluding carboxylic acids is 7. The highest BCUT2D eigenvalue weighted by Crippen LogP contribution is 2.41. The van der Waals surface area contributed by atoms with Gasteiger partial charge in [0.25, 0.3) is 11.8 Å². The van der Waals surface area contributed by atoms with E-state index in [1.54, 1.807) is 26.1 Å². The number of carboxylic acids is 1. The first-order chi connectivity index (χ1) is 34.0. The summed E-state index contributed by atoms with van der Waals surface area (Å²) in [5.41, 5.74) is 7.56. The third-order valence-corrected chi connectivity index (χ3v) is 12.6. The molecule has 0 unspecified atom stereocenters. The maximum absolute atomic E-state index is 15.1. The Morgan fingerprint density at radius 1 is 0.833 bits per heavy atom. The van der Waals surface area contributed by atoms with E-state index in [9.17, 15) is 53.0 Å². The molecule has 0 saturated carbocycles. The molecule has 1 aliphatic heterocycles. The van der Waals surface area contributed by atoms with Gasteiger partial charge in [0.15, 0.2) is 5.78 Å². The molecule has 1 aliphatic rings. The van der Waals surface area contributed by atoms with Crippen LogP contribution in [-0.2, 0) is 44.9 Å². The average Bonchev–Trinajstić information content (AvgIpc) is 3.88. The second kappa shape index (κ2) is 27.3. The number of halogens is 2. The fourth-order valence-corrected chi connectivity index (χ4v) is 8.67. The Bertz CT molecular complexity index is 2400. The van der Waals surface area contributed by atoms with E-state index in [-0.39, 0.29) is 86.7 Å². The highest BCUT2D eigenvalue weighted by atomic mass is 19.1. The van der Waals surface area contributed by atoms with E-state index in [1.807, 2.05) is 55.7 Å². The van der Waals surface area contributed by atoms with Gasteiger partial charge in [0.2, 0.25) is 23.6 Å². The number of Topliss-reactive ketones (excluding diaryl/α,β-unsaturated/α-hetero) is 1. The van der Waals surface area contributed by atoms with Gasteiger partial charge in [-0.15, -0.1) is 0 Å². The summed E-state index contributed by atoms with van der Waals surface area (Å²) in [5, 5.41) is 28.1. The zero-order valence-corrected chi connectivity index (χ0v) is 42.1. The molecule has 17 nitrogen and oxygen atoms in total. The van der Waals surface area contributed by atoms with Crippen molar-refractivity contribution in [1.29, 1.82) is 0 Å². The van der Waals surface area contributed by atoms with Crippen molar-refractivity contribution in [3.8, 4) is 11.1 Å². The van der Waals surface area contributed by atoms with Crippen LogP contribution in [0.2, 0.25) is 0 Å². The molecule has 0 radical (unpaired) electrons. The molecule has 2 heterocycles. The third-order valence-electron chi connectivity index (χ3n) is 12.6. The Labute approximate surface area is 419 Å². The number of carbonyl (C=O) groups is 8. The first kappa shape index (κ1) is 58.0. The molecule has 7 N–H and O–H groups in total. The maximum atomic E-state index is 15.1. The van der Waals surface area contributed by atoms with Crippen LogP contribution in [-0.4, -0.2) is 116 Å². The van der Waals surface area contributed by atoms with Gasteiger partial charge in [-0.2, -0.15) is 0 Å². The van der Waals surface area contributed by atoms with Gasteiger partial charge in [-0.3, -0.25) is 38.5 Å². The molecule has 1 aromatic heterocycles. The predicted molar refractivity (Wildman–Crippen MR) is 265 cm³/mol. The van der Waals surface area contributed by atoms with Crippen molar-refractivity contribution in [2.75, 3.05) is 26.2 Å². The van der Waals surface area contributed by atoms with Crippen LogP contribution >= 0.6 is 0 Å². The number of imide groups is 1. The lowest BCUT2D eigenvalue weighted by molar-refractivity contribution is -0.143. The number of aliphatic carboxylic acids is 1. The lowest BCUT2D eigenvalue weighted by Gasteiger charge is -2.41. The molecular weight excluding hydrogens is 933 g/mol. The smallest absolute Gasteiger partial charge is 0.326 e. The number of aliphatic hydroxyl groups excluding tert-OH is 1.